The number of rotatable bonds is 9. The Labute approximate surface area is 202 Å². The third-order valence-electron chi connectivity index (χ3n) is 7.02. The lowest BCUT2D eigenvalue weighted by Crippen LogP contribution is -2.37. The van der Waals surface area contributed by atoms with Gasteiger partial charge in [-0.15, -0.1) is 0 Å². The van der Waals surface area contributed by atoms with Gasteiger partial charge in [0.1, 0.15) is 11.5 Å². The van der Waals surface area contributed by atoms with Gasteiger partial charge < -0.3 is 15.6 Å². The van der Waals surface area contributed by atoms with Crippen molar-refractivity contribution < 1.29 is 4.79 Å². The molecule has 1 amide bonds. The van der Waals surface area contributed by atoms with Crippen LogP contribution in [0.5, 0.6) is 0 Å². The molecule has 2 fully saturated rings. The van der Waals surface area contributed by atoms with Crippen molar-refractivity contribution in [3.05, 3.63) is 60.3 Å². The van der Waals surface area contributed by atoms with Gasteiger partial charge in [-0.1, -0.05) is 48.9 Å². The van der Waals surface area contributed by atoms with Gasteiger partial charge in [0.25, 0.3) is 0 Å². The fourth-order valence-corrected chi connectivity index (χ4v) is 4.75. The lowest BCUT2D eigenvalue weighted by atomic mass is 9.92. The Morgan fingerprint density at radius 1 is 1.29 bits per heavy atom. The quantitative estimate of drug-likeness (QED) is 0.423. The Kier molecular flexibility index (Phi) is 7.32. The van der Waals surface area contributed by atoms with Crippen LogP contribution >= 0.6 is 0 Å². The highest BCUT2D eigenvalue weighted by atomic mass is 16.2. The molecule has 1 aromatic heterocycles. The van der Waals surface area contributed by atoms with E-state index < -0.39 is 0 Å². The van der Waals surface area contributed by atoms with Crippen LogP contribution in [0, 0.1) is 12.3 Å². The molecule has 4 rings (SSSR count). The fourth-order valence-electron chi connectivity index (χ4n) is 4.75. The van der Waals surface area contributed by atoms with Gasteiger partial charge in [-0.05, 0) is 46.4 Å². The fraction of sp³-hybridized carbons (Fsp3) is 0.444. The van der Waals surface area contributed by atoms with E-state index in [9.17, 15) is 4.79 Å². The molecule has 1 saturated heterocycles. The van der Waals surface area contributed by atoms with E-state index in [0.717, 1.165) is 35.6 Å². The number of carbonyl (C=O) groups is 1. The summed E-state index contributed by atoms with van der Waals surface area (Å²) in [6.07, 6.45) is 9.98. The van der Waals surface area contributed by atoms with E-state index in [4.69, 9.17) is 10.5 Å². The molecule has 1 saturated carbocycles. The average molecular weight is 461 g/mol. The van der Waals surface area contributed by atoms with Crippen molar-refractivity contribution in [2.24, 2.45) is 0 Å². The number of amides is 1. The van der Waals surface area contributed by atoms with Crippen LogP contribution in [0.1, 0.15) is 49.8 Å². The standard InChI is InChI=1S/C27H36N6O/c1-5-29-27-25(20(3)28)26(21-13-11-19(2)12-14-21)30-33(27)23-15-17-32(18-23)24(34)10-7-16-31(4)22-8-6-9-22/h5,7,10-14,22-23,28-29H,1,6,8-9,15-18H2,2-4H3/b10-7+,28-20?. The first-order valence-corrected chi connectivity index (χ1v) is 12.2. The minimum Gasteiger partial charge on any atom is -0.347 e. The second-order valence-electron chi connectivity index (χ2n) is 9.51. The molecule has 0 bridgehead atoms. The first-order chi connectivity index (χ1) is 16.4. The SMILES string of the molecule is C=CNc1c(C(C)=N)c(-c2ccc(C)cc2)nn1C1CCN(C(=O)/C=C/CN(C)C2CCC2)C1. The summed E-state index contributed by atoms with van der Waals surface area (Å²) in [5.41, 5.74) is 4.14. The first kappa shape index (κ1) is 24.0. The first-order valence-electron chi connectivity index (χ1n) is 12.2. The number of benzene rings is 1. The van der Waals surface area contributed by atoms with Gasteiger partial charge in [-0.3, -0.25) is 9.69 Å². The van der Waals surface area contributed by atoms with Crippen LogP contribution in [0.2, 0.25) is 0 Å². The zero-order valence-corrected chi connectivity index (χ0v) is 20.6. The number of nitrogens with zero attached hydrogens (tertiary/aromatic N) is 4. The van der Waals surface area contributed by atoms with Crippen molar-refractivity contribution >= 4 is 17.4 Å². The summed E-state index contributed by atoms with van der Waals surface area (Å²) in [7, 11) is 2.13. The molecule has 2 aromatic rings. The molecule has 1 aliphatic carbocycles. The molecule has 2 aliphatic rings. The van der Waals surface area contributed by atoms with E-state index in [1.807, 2.05) is 27.8 Å². The molecule has 180 valence electrons. The van der Waals surface area contributed by atoms with Gasteiger partial charge in [-0.2, -0.15) is 5.10 Å². The second-order valence-corrected chi connectivity index (χ2v) is 9.51. The Bertz CT molecular complexity index is 1080. The second kappa shape index (κ2) is 10.4. The van der Waals surface area contributed by atoms with E-state index in [1.165, 1.54) is 24.8 Å². The maximum absolute atomic E-state index is 12.8. The maximum atomic E-state index is 12.8. The van der Waals surface area contributed by atoms with Gasteiger partial charge in [-0.25, -0.2) is 4.68 Å². The predicted molar refractivity (Wildman–Crippen MR) is 138 cm³/mol. The van der Waals surface area contributed by atoms with Crippen molar-refractivity contribution in [1.82, 2.24) is 19.6 Å². The summed E-state index contributed by atoms with van der Waals surface area (Å²) >= 11 is 0. The summed E-state index contributed by atoms with van der Waals surface area (Å²) in [6, 6.07) is 8.91. The van der Waals surface area contributed by atoms with Gasteiger partial charge in [0.05, 0.1) is 11.6 Å². The number of hydrogen-bond acceptors (Lipinski definition) is 5. The Morgan fingerprint density at radius 3 is 2.65 bits per heavy atom. The van der Waals surface area contributed by atoms with Crippen LogP contribution < -0.4 is 5.32 Å². The van der Waals surface area contributed by atoms with E-state index in [2.05, 4.69) is 42.9 Å². The minimum absolute atomic E-state index is 0.0368. The van der Waals surface area contributed by atoms with Gasteiger partial charge in [0.2, 0.25) is 5.91 Å². The Morgan fingerprint density at radius 2 is 2.03 bits per heavy atom. The number of nitrogens with one attached hydrogen (secondary N) is 2. The number of likely N-dealkylation sites (N-methyl/N-ethyl adjacent to an activating group) is 1. The minimum atomic E-state index is 0.0368. The third-order valence-corrected chi connectivity index (χ3v) is 7.02. The number of aryl methyl sites for hydroxylation is 1. The lowest BCUT2D eigenvalue weighted by Gasteiger charge is -2.33. The molecule has 1 unspecified atom stereocenters. The third kappa shape index (κ3) is 4.99. The van der Waals surface area contributed by atoms with Crippen molar-refractivity contribution in [3.63, 3.8) is 0 Å². The molecule has 1 atom stereocenters. The number of anilines is 1. The lowest BCUT2D eigenvalue weighted by molar-refractivity contribution is -0.125. The summed E-state index contributed by atoms with van der Waals surface area (Å²) in [6.45, 7) is 9.76. The maximum Gasteiger partial charge on any atom is 0.246 e. The molecule has 1 aromatic carbocycles. The highest BCUT2D eigenvalue weighted by molar-refractivity contribution is 6.06. The molecular formula is C27H36N6O. The number of carbonyl (C=O) groups excluding carboxylic acids is 1. The van der Waals surface area contributed by atoms with Crippen molar-refractivity contribution in [3.8, 4) is 11.3 Å². The number of hydrogen-bond donors (Lipinski definition) is 2. The largest absolute Gasteiger partial charge is 0.347 e. The molecule has 2 heterocycles. The molecule has 2 N–H and O–H groups in total. The molecule has 0 radical (unpaired) electrons. The van der Waals surface area contributed by atoms with Crippen molar-refractivity contribution in [1.29, 1.82) is 5.41 Å². The monoisotopic (exact) mass is 460 g/mol. The molecule has 0 spiro atoms. The van der Waals surface area contributed by atoms with Crippen LogP contribution in [-0.4, -0.2) is 63.9 Å². The van der Waals surface area contributed by atoms with E-state index >= 15 is 0 Å². The zero-order chi connectivity index (χ0) is 24.2. The number of likely N-dealkylation sites (tertiary alicyclic amines) is 1. The highest BCUT2D eigenvalue weighted by Crippen LogP contribution is 2.34. The topological polar surface area (TPSA) is 77.2 Å². The van der Waals surface area contributed by atoms with E-state index in [1.54, 1.807) is 19.2 Å². The van der Waals surface area contributed by atoms with Crippen LogP contribution in [0.25, 0.3) is 11.3 Å². The molecule has 7 heteroatoms. The number of aromatic nitrogens is 2. The summed E-state index contributed by atoms with van der Waals surface area (Å²) in [5, 5.41) is 16.6. The van der Waals surface area contributed by atoms with Crippen LogP contribution in [-0.2, 0) is 4.79 Å². The Hall–Kier alpha value is -3.19. The molecule has 34 heavy (non-hydrogen) atoms. The summed E-state index contributed by atoms with van der Waals surface area (Å²) in [5.74, 6) is 0.812. The average Bonchev–Trinajstić information content (AvgIpc) is 3.38. The van der Waals surface area contributed by atoms with Crippen LogP contribution in [0.4, 0.5) is 5.82 Å². The normalized spacial score (nSPS) is 18.5. The molecule has 7 nitrogen and oxygen atoms in total. The van der Waals surface area contributed by atoms with Gasteiger partial charge >= 0.3 is 0 Å². The molecule has 1 aliphatic heterocycles. The zero-order valence-electron chi connectivity index (χ0n) is 20.6. The van der Waals surface area contributed by atoms with Crippen molar-refractivity contribution in [2.75, 3.05) is 32.0 Å². The van der Waals surface area contributed by atoms with E-state index in [-0.39, 0.29) is 11.9 Å². The van der Waals surface area contributed by atoms with Crippen LogP contribution in [0.15, 0.2) is 49.2 Å². The summed E-state index contributed by atoms with van der Waals surface area (Å²) in [4.78, 5) is 17.0. The van der Waals surface area contributed by atoms with Crippen LogP contribution in [0.3, 0.4) is 0 Å². The Balaban J connectivity index is 1.52. The molecular weight excluding hydrogens is 424 g/mol. The van der Waals surface area contributed by atoms with Gasteiger partial charge in [0, 0.05) is 43.0 Å². The highest BCUT2D eigenvalue weighted by Gasteiger charge is 2.31. The van der Waals surface area contributed by atoms with Crippen molar-refractivity contribution in [2.45, 2.75) is 51.6 Å². The summed E-state index contributed by atoms with van der Waals surface area (Å²) < 4.78 is 1.95. The predicted octanol–water partition coefficient (Wildman–Crippen LogP) is 4.62. The van der Waals surface area contributed by atoms with E-state index in [0.29, 0.717) is 24.8 Å². The smallest absolute Gasteiger partial charge is 0.246 e. The van der Waals surface area contributed by atoms with Gasteiger partial charge in [0.15, 0.2) is 0 Å².